The van der Waals surface area contributed by atoms with E-state index < -0.39 is 11.8 Å². The molecule has 1 aromatic heterocycles. The molecule has 1 heterocycles. The number of nitrogens with zero attached hydrogens (tertiary/aromatic N) is 2. The van der Waals surface area contributed by atoms with E-state index in [4.69, 9.17) is 16.7 Å². The standard InChI is InChI=1S/C9H5ClFN3O2.ClH/c10-7-5(8-12-3-13-14-8)1-4(11)2-6(7)9(15)16;/h1-3H,(H,15,16)(H,12,13,14);1H. The van der Waals surface area contributed by atoms with Crippen molar-refractivity contribution in [1.29, 1.82) is 0 Å². The molecule has 0 bridgehead atoms. The number of carboxylic acid groups (broad SMARTS) is 1. The van der Waals surface area contributed by atoms with Crippen molar-refractivity contribution in [2.45, 2.75) is 0 Å². The summed E-state index contributed by atoms with van der Waals surface area (Å²) in [5.41, 5.74) is -0.179. The van der Waals surface area contributed by atoms with E-state index in [1.54, 1.807) is 0 Å². The monoisotopic (exact) mass is 277 g/mol. The molecule has 0 saturated heterocycles. The summed E-state index contributed by atoms with van der Waals surface area (Å²) < 4.78 is 13.2. The first-order chi connectivity index (χ1) is 7.59. The van der Waals surface area contributed by atoms with Crippen molar-refractivity contribution >= 4 is 30.0 Å². The molecule has 0 radical (unpaired) electrons. The van der Waals surface area contributed by atoms with Gasteiger partial charge in [0, 0.05) is 5.56 Å². The molecule has 8 heteroatoms. The Hall–Kier alpha value is -1.66. The number of carbonyl (C=O) groups is 1. The third-order valence-corrected chi connectivity index (χ3v) is 2.33. The Morgan fingerprint density at radius 3 is 2.71 bits per heavy atom. The molecule has 0 unspecified atom stereocenters. The second-order valence-electron chi connectivity index (χ2n) is 2.94. The van der Waals surface area contributed by atoms with Gasteiger partial charge in [-0.15, -0.1) is 12.4 Å². The van der Waals surface area contributed by atoms with Gasteiger partial charge < -0.3 is 5.11 Å². The lowest BCUT2D eigenvalue weighted by atomic mass is 10.1. The van der Waals surface area contributed by atoms with E-state index in [9.17, 15) is 9.18 Å². The Labute approximate surface area is 106 Å². The molecule has 0 aliphatic heterocycles. The van der Waals surface area contributed by atoms with Crippen LogP contribution in [0.25, 0.3) is 11.4 Å². The molecule has 2 rings (SSSR count). The van der Waals surface area contributed by atoms with E-state index in [2.05, 4.69) is 15.2 Å². The molecule has 90 valence electrons. The topological polar surface area (TPSA) is 78.9 Å². The van der Waals surface area contributed by atoms with Crippen LogP contribution < -0.4 is 0 Å². The van der Waals surface area contributed by atoms with Crippen LogP contribution in [0.1, 0.15) is 10.4 Å². The highest BCUT2D eigenvalue weighted by Gasteiger charge is 2.17. The zero-order valence-corrected chi connectivity index (χ0v) is 9.72. The lowest BCUT2D eigenvalue weighted by Crippen LogP contribution is -2.00. The van der Waals surface area contributed by atoms with Crippen molar-refractivity contribution < 1.29 is 14.3 Å². The second kappa shape index (κ2) is 5.11. The minimum Gasteiger partial charge on any atom is -0.478 e. The number of carboxylic acids is 1. The van der Waals surface area contributed by atoms with Gasteiger partial charge in [0.05, 0.1) is 10.6 Å². The van der Waals surface area contributed by atoms with Crippen LogP contribution in [0.2, 0.25) is 5.02 Å². The molecule has 17 heavy (non-hydrogen) atoms. The van der Waals surface area contributed by atoms with Gasteiger partial charge in [0.15, 0.2) is 5.82 Å². The van der Waals surface area contributed by atoms with Crippen LogP contribution in [0.4, 0.5) is 4.39 Å². The average Bonchev–Trinajstić information content (AvgIpc) is 2.73. The second-order valence-corrected chi connectivity index (χ2v) is 3.32. The predicted molar refractivity (Wildman–Crippen MR) is 61.0 cm³/mol. The zero-order valence-electron chi connectivity index (χ0n) is 8.15. The van der Waals surface area contributed by atoms with Gasteiger partial charge >= 0.3 is 5.97 Å². The van der Waals surface area contributed by atoms with E-state index in [-0.39, 0.29) is 34.4 Å². The van der Waals surface area contributed by atoms with E-state index in [0.717, 1.165) is 12.1 Å². The van der Waals surface area contributed by atoms with Crippen molar-refractivity contribution in [2.75, 3.05) is 0 Å². The highest BCUT2D eigenvalue weighted by Crippen LogP contribution is 2.29. The zero-order chi connectivity index (χ0) is 11.7. The number of rotatable bonds is 2. The average molecular weight is 278 g/mol. The number of aromatic nitrogens is 3. The van der Waals surface area contributed by atoms with Crippen LogP contribution in [-0.4, -0.2) is 26.3 Å². The fourth-order valence-corrected chi connectivity index (χ4v) is 1.52. The summed E-state index contributed by atoms with van der Waals surface area (Å²) in [5.74, 6) is -1.87. The van der Waals surface area contributed by atoms with Gasteiger partial charge in [0.2, 0.25) is 0 Å². The van der Waals surface area contributed by atoms with Crippen LogP contribution in [0.5, 0.6) is 0 Å². The summed E-state index contributed by atoms with van der Waals surface area (Å²) in [6.45, 7) is 0. The molecular weight excluding hydrogens is 272 g/mol. The Morgan fingerprint density at radius 2 is 2.18 bits per heavy atom. The van der Waals surface area contributed by atoms with Crippen LogP contribution >= 0.6 is 24.0 Å². The number of halogens is 3. The molecule has 0 aliphatic rings. The third kappa shape index (κ3) is 2.54. The number of aromatic amines is 1. The van der Waals surface area contributed by atoms with Gasteiger partial charge in [-0.1, -0.05) is 11.6 Å². The maximum Gasteiger partial charge on any atom is 0.337 e. The molecule has 0 saturated carbocycles. The summed E-state index contributed by atoms with van der Waals surface area (Å²) in [4.78, 5) is 14.6. The summed E-state index contributed by atoms with van der Waals surface area (Å²) in [5, 5.41) is 14.9. The maximum absolute atomic E-state index is 13.2. The smallest absolute Gasteiger partial charge is 0.337 e. The van der Waals surface area contributed by atoms with Crippen molar-refractivity contribution in [2.24, 2.45) is 0 Å². The van der Waals surface area contributed by atoms with Gasteiger partial charge in [-0.05, 0) is 12.1 Å². The minimum absolute atomic E-state index is 0. The number of H-pyrrole nitrogens is 1. The van der Waals surface area contributed by atoms with Crippen LogP contribution in [0.3, 0.4) is 0 Å². The normalized spacial score (nSPS) is 9.76. The predicted octanol–water partition coefficient (Wildman–Crippen LogP) is 2.38. The van der Waals surface area contributed by atoms with E-state index >= 15 is 0 Å². The lowest BCUT2D eigenvalue weighted by molar-refractivity contribution is 0.0696. The van der Waals surface area contributed by atoms with E-state index in [1.165, 1.54) is 6.33 Å². The quantitative estimate of drug-likeness (QED) is 0.883. The molecule has 0 spiro atoms. The first-order valence-corrected chi connectivity index (χ1v) is 4.56. The van der Waals surface area contributed by atoms with Gasteiger partial charge in [-0.2, -0.15) is 5.10 Å². The van der Waals surface area contributed by atoms with E-state index in [1.807, 2.05) is 0 Å². The molecule has 5 nitrogen and oxygen atoms in total. The molecule has 0 amide bonds. The highest BCUT2D eigenvalue weighted by molar-refractivity contribution is 6.36. The minimum atomic E-state index is -1.30. The van der Waals surface area contributed by atoms with E-state index in [0.29, 0.717) is 0 Å². The number of aromatic carboxylic acids is 1. The van der Waals surface area contributed by atoms with Gasteiger partial charge in [-0.25, -0.2) is 14.2 Å². The van der Waals surface area contributed by atoms with Crippen LogP contribution in [0, 0.1) is 5.82 Å². The van der Waals surface area contributed by atoms with Crippen molar-refractivity contribution in [3.05, 3.63) is 34.9 Å². The molecule has 0 atom stereocenters. The molecule has 1 aromatic carbocycles. The largest absolute Gasteiger partial charge is 0.478 e. The Morgan fingerprint density at radius 1 is 1.47 bits per heavy atom. The van der Waals surface area contributed by atoms with Crippen LogP contribution in [0.15, 0.2) is 18.5 Å². The number of nitrogens with one attached hydrogen (secondary N) is 1. The van der Waals surface area contributed by atoms with Crippen LogP contribution in [-0.2, 0) is 0 Å². The molecule has 2 aromatic rings. The van der Waals surface area contributed by atoms with Gasteiger partial charge in [0.1, 0.15) is 12.1 Å². The van der Waals surface area contributed by atoms with Gasteiger partial charge in [0.25, 0.3) is 0 Å². The van der Waals surface area contributed by atoms with Crippen molar-refractivity contribution in [1.82, 2.24) is 15.2 Å². The third-order valence-electron chi connectivity index (χ3n) is 1.92. The summed E-state index contributed by atoms with van der Waals surface area (Å²) >= 11 is 5.83. The van der Waals surface area contributed by atoms with Crippen molar-refractivity contribution in [3.8, 4) is 11.4 Å². The van der Waals surface area contributed by atoms with Gasteiger partial charge in [-0.3, -0.25) is 5.10 Å². The maximum atomic E-state index is 13.2. The molecular formula is C9H6Cl2FN3O2. The fourth-order valence-electron chi connectivity index (χ4n) is 1.25. The highest BCUT2D eigenvalue weighted by atomic mass is 35.5. The Bertz CT molecular complexity index is 545. The molecule has 0 aliphatic carbocycles. The number of benzene rings is 1. The van der Waals surface area contributed by atoms with Crippen molar-refractivity contribution in [3.63, 3.8) is 0 Å². The summed E-state index contributed by atoms with van der Waals surface area (Å²) in [6.07, 6.45) is 1.29. The Balaban J connectivity index is 0.00000144. The SMILES string of the molecule is Cl.O=C(O)c1cc(F)cc(-c2nc[nH]n2)c1Cl. The fraction of sp³-hybridized carbons (Fsp3) is 0. The lowest BCUT2D eigenvalue weighted by Gasteiger charge is -2.04. The summed E-state index contributed by atoms with van der Waals surface area (Å²) in [7, 11) is 0. The molecule has 0 fully saturated rings. The summed E-state index contributed by atoms with van der Waals surface area (Å²) in [6, 6.07) is 1.93. The number of hydrogen-bond acceptors (Lipinski definition) is 3. The Kier molecular flexibility index (Phi) is 4.03. The first kappa shape index (κ1) is 13.4. The number of hydrogen-bond donors (Lipinski definition) is 2. The molecule has 2 N–H and O–H groups in total. The first-order valence-electron chi connectivity index (χ1n) is 4.18.